The molecule has 1 aromatic carbocycles. The van der Waals surface area contributed by atoms with Crippen molar-refractivity contribution in [3.63, 3.8) is 0 Å². The fourth-order valence-electron chi connectivity index (χ4n) is 1.26. The second-order valence-corrected chi connectivity index (χ2v) is 4.77. The van der Waals surface area contributed by atoms with Gasteiger partial charge in [0.15, 0.2) is 0 Å². The van der Waals surface area contributed by atoms with Crippen molar-refractivity contribution >= 4 is 50.0 Å². The molecule has 0 radical (unpaired) electrons. The first kappa shape index (κ1) is 9.72. The number of hydrogen-bond donors (Lipinski definition) is 2. The van der Waals surface area contributed by atoms with Crippen molar-refractivity contribution in [3.8, 4) is 5.75 Å². The van der Waals surface area contributed by atoms with E-state index in [4.69, 9.17) is 5.11 Å². The Kier molecular flexibility index (Phi) is 2.36. The highest BCUT2D eigenvalue weighted by atomic mass is 127. The van der Waals surface area contributed by atoms with E-state index in [0.29, 0.717) is 13.7 Å². The van der Waals surface area contributed by atoms with Crippen molar-refractivity contribution in [2.24, 2.45) is 0 Å². The number of thiophene rings is 1. The van der Waals surface area contributed by atoms with Crippen LogP contribution in [0.2, 0.25) is 0 Å². The molecule has 0 saturated carbocycles. The molecular weight excluding hydrogens is 315 g/mol. The highest BCUT2D eigenvalue weighted by Gasteiger charge is 2.15. The SMILES string of the molecule is O=C(O)c1c(I)ccc2c(O)csc12. The largest absolute Gasteiger partial charge is 0.506 e. The van der Waals surface area contributed by atoms with Gasteiger partial charge in [0.25, 0.3) is 0 Å². The lowest BCUT2D eigenvalue weighted by molar-refractivity contribution is 0.0698. The van der Waals surface area contributed by atoms with E-state index >= 15 is 0 Å². The first-order valence-electron chi connectivity index (χ1n) is 3.73. The van der Waals surface area contributed by atoms with Gasteiger partial charge in [-0.3, -0.25) is 0 Å². The van der Waals surface area contributed by atoms with Crippen LogP contribution in [0, 0.1) is 3.57 Å². The number of carboxylic acid groups (broad SMARTS) is 1. The third-order valence-corrected chi connectivity index (χ3v) is 3.78. The Labute approximate surface area is 97.1 Å². The molecule has 2 rings (SSSR count). The summed E-state index contributed by atoms with van der Waals surface area (Å²) in [6, 6.07) is 3.42. The fourth-order valence-corrected chi connectivity index (χ4v) is 3.09. The Morgan fingerprint density at radius 2 is 2.14 bits per heavy atom. The molecule has 0 atom stereocenters. The molecule has 1 aromatic heterocycles. The van der Waals surface area contributed by atoms with Gasteiger partial charge in [0.05, 0.1) is 10.3 Å². The van der Waals surface area contributed by atoms with E-state index in [2.05, 4.69) is 0 Å². The van der Waals surface area contributed by atoms with Crippen LogP contribution in [-0.4, -0.2) is 16.2 Å². The summed E-state index contributed by atoms with van der Waals surface area (Å²) in [5.41, 5.74) is 0.272. The predicted molar refractivity (Wildman–Crippen MR) is 63.2 cm³/mol. The number of rotatable bonds is 1. The topological polar surface area (TPSA) is 57.5 Å². The van der Waals surface area contributed by atoms with Crippen LogP contribution in [0.3, 0.4) is 0 Å². The summed E-state index contributed by atoms with van der Waals surface area (Å²) in [6.07, 6.45) is 0. The zero-order chi connectivity index (χ0) is 10.3. The van der Waals surface area contributed by atoms with Gasteiger partial charge < -0.3 is 10.2 Å². The highest BCUT2D eigenvalue weighted by molar-refractivity contribution is 14.1. The van der Waals surface area contributed by atoms with Gasteiger partial charge >= 0.3 is 5.97 Å². The Bertz CT molecular complexity index is 518. The Morgan fingerprint density at radius 1 is 1.43 bits per heavy atom. The summed E-state index contributed by atoms with van der Waals surface area (Å²) in [5, 5.41) is 20.6. The highest BCUT2D eigenvalue weighted by Crippen LogP contribution is 2.35. The van der Waals surface area contributed by atoms with Crippen LogP contribution < -0.4 is 0 Å². The average Bonchev–Trinajstić information content (AvgIpc) is 2.47. The molecule has 5 heteroatoms. The summed E-state index contributed by atoms with van der Waals surface area (Å²) in [5.74, 6) is -0.814. The zero-order valence-corrected chi connectivity index (χ0v) is 9.79. The number of halogens is 1. The molecular formula is C9H5IO3S. The minimum absolute atomic E-state index is 0.143. The molecule has 1 heterocycles. The quantitative estimate of drug-likeness (QED) is 0.795. The normalized spacial score (nSPS) is 10.6. The summed E-state index contributed by atoms with van der Waals surface area (Å²) in [6.45, 7) is 0. The van der Waals surface area contributed by atoms with Crippen LogP contribution in [0.5, 0.6) is 5.75 Å². The smallest absolute Gasteiger partial charge is 0.338 e. The van der Waals surface area contributed by atoms with Crippen LogP contribution in [-0.2, 0) is 0 Å². The molecule has 2 aromatic rings. The van der Waals surface area contributed by atoms with E-state index in [9.17, 15) is 9.90 Å². The van der Waals surface area contributed by atoms with Crippen molar-refractivity contribution in [1.82, 2.24) is 0 Å². The standard InChI is InChI=1S/C9H5IO3S/c10-5-2-1-4-6(11)3-14-8(4)7(5)9(12)13/h1-3,11H,(H,12,13). The second kappa shape index (κ2) is 3.39. The molecule has 0 spiro atoms. The molecule has 0 unspecified atom stereocenters. The molecule has 0 saturated heterocycles. The molecule has 3 nitrogen and oxygen atoms in total. The zero-order valence-electron chi connectivity index (χ0n) is 6.82. The summed E-state index contributed by atoms with van der Waals surface area (Å²) >= 11 is 3.22. The molecule has 0 amide bonds. The van der Waals surface area contributed by atoms with Crippen molar-refractivity contribution < 1.29 is 15.0 Å². The number of hydrogen-bond acceptors (Lipinski definition) is 3. The maximum atomic E-state index is 11.0. The number of benzene rings is 1. The predicted octanol–water partition coefficient (Wildman–Crippen LogP) is 2.91. The molecule has 0 aliphatic heterocycles. The first-order chi connectivity index (χ1) is 6.61. The lowest BCUT2D eigenvalue weighted by Gasteiger charge is -2.00. The monoisotopic (exact) mass is 320 g/mol. The third kappa shape index (κ3) is 1.36. The number of aromatic hydroxyl groups is 1. The minimum atomic E-state index is -0.957. The summed E-state index contributed by atoms with van der Waals surface area (Å²) in [4.78, 5) is 11.0. The van der Waals surface area contributed by atoms with E-state index in [1.807, 2.05) is 22.6 Å². The van der Waals surface area contributed by atoms with Gasteiger partial charge in [0.1, 0.15) is 5.75 Å². The minimum Gasteiger partial charge on any atom is -0.506 e. The van der Waals surface area contributed by atoms with Gasteiger partial charge in [-0.15, -0.1) is 11.3 Å². The average molecular weight is 320 g/mol. The van der Waals surface area contributed by atoms with Gasteiger partial charge in [-0.05, 0) is 34.7 Å². The summed E-state index contributed by atoms with van der Waals surface area (Å²) < 4.78 is 1.31. The molecule has 72 valence electrons. The Hall–Kier alpha value is -0.820. The lowest BCUT2D eigenvalue weighted by Crippen LogP contribution is -1.99. The fraction of sp³-hybridized carbons (Fsp3) is 0. The molecule has 14 heavy (non-hydrogen) atoms. The van der Waals surface area contributed by atoms with E-state index in [1.54, 1.807) is 17.5 Å². The maximum absolute atomic E-state index is 11.0. The van der Waals surface area contributed by atoms with Crippen LogP contribution in [0.15, 0.2) is 17.5 Å². The third-order valence-electron chi connectivity index (χ3n) is 1.89. The van der Waals surface area contributed by atoms with Crippen molar-refractivity contribution in [2.45, 2.75) is 0 Å². The van der Waals surface area contributed by atoms with Crippen molar-refractivity contribution in [2.75, 3.05) is 0 Å². The number of carbonyl (C=O) groups is 1. The molecule has 0 bridgehead atoms. The maximum Gasteiger partial charge on any atom is 0.338 e. The lowest BCUT2D eigenvalue weighted by atomic mass is 10.1. The van der Waals surface area contributed by atoms with E-state index in [1.165, 1.54) is 11.3 Å². The van der Waals surface area contributed by atoms with Crippen LogP contribution in [0.25, 0.3) is 10.1 Å². The van der Waals surface area contributed by atoms with Gasteiger partial charge in [0, 0.05) is 14.3 Å². The molecule has 0 aliphatic rings. The van der Waals surface area contributed by atoms with Crippen LogP contribution in [0.4, 0.5) is 0 Å². The Morgan fingerprint density at radius 3 is 2.79 bits per heavy atom. The van der Waals surface area contributed by atoms with Crippen molar-refractivity contribution in [1.29, 1.82) is 0 Å². The van der Waals surface area contributed by atoms with Crippen LogP contribution in [0.1, 0.15) is 10.4 Å². The van der Waals surface area contributed by atoms with E-state index in [0.717, 1.165) is 0 Å². The molecule has 0 fully saturated rings. The van der Waals surface area contributed by atoms with Crippen molar-refractivity contribution in [3.05, 3.63) is 26.6 Å². The Balaban J connectivity index is 2.90. The molecule has 0 aliphatic carbocycles. The van der Waals surface area contributed by atoms with E-state index in [-0.39, 0.29) is 11.3 Å². The number of carboxylic acids is 1. The first-order valence-corrected chi connectivity index (χ1v) is 5.69. The van der Waals surface area contributed by atoms with Gasteiger partial charge in [-0.1, -0.05) is 0 Å². The van der Waals surface area contributed by atoms with Crippen LogP contribution >= 0.6 is 33.9 Å². The van der Waals surface area contributed by atoms with Gasteiger partial charge in [-0.25, -0.2) is 4.79 Å². The van der Waals surface area contributed by atoms with Gasteiger partial charge in [0.2, 0.25) is 0 Å². The number of fused-ring (bicyclic) bond motifs is 1. The second-order valence-electron chi connectivity index (χ2n) is 2.73. The van der Waals surface area contributed by atoms with Gasteiger partial charge in [-0.2, -0.15) is 0 Å². The summed E-state index contributed by atoms with van der Waals surface area (Å²) in [7, 11) is 0. The van der Waals surface area contributed by atoms with E-state index < -0.39 is 5.97 Å². The number of aromatic carboxylic acids is 1. The molecule has 2 N–H and O–H groups in total.